The van der Waals surface area contributed by atoms with Gasteiger partial charge in [0.05, 0.1) is 5.69 Å². The lowest BCUT2D eigenvalue weighted by Gasteiger charge is -2.06. The second-order valence-corrected chi connectivity index (χ2v) is 4.32. The van der Waals surface area contributed by atoms with E-state index >= 15 is 0 Å². The van der Waals surface area contributed by atoms with Gasteiger partial charge in [-0.15, -0.1) is 0 Å². The minimum atomic E-state index is -0.116. The van der Waals surface area contributed by atoms with Crippen LogP contribution in [0.5, 0.6) is 11.8 Å². The third-order valence-electron chi connectivity index (χ3n) is 2.75. The molecule has 0 aliphatic carbocycles. The minimum Gasteiger partial charge on any atom is -0.420 e. The number of aryl methyl sites for hydroxylation is 3. The summed E-state index contributed by atoms with van der Waals surface area (Å²) in [5, 5.41) is 11.7. The molecule has 2 rings (SSSR count). The molecule has 0 saturated carbocycles. The highest BCUT2D eigenvalue weighted by atomic mass is 16.5. The second-order valence-electron chi connectivity index (χ2n) is 4.32. The van der Waals surface area contributed by atoms with E-state index in [-0.39, 0.29) is 11.8 Å². The molecule has 7 heteroatoms. The average Bonchev–Trinajstić information content (AvgIpc) is 2.55. The van der Waals surface area contributed by atoms with Crippen LogP contribution in [0.1, 0.15) is 22.8 Å². The number of nitrogens with two attached hydrogens (primary N) is 1. The first-order valence-corrected chi connectivity index (χ1v) is 5.76. The highest BCUT2D eigenvalue weighted by Gasteiger charge is 2.14. The van der Waals surface area contributed by atoms with Gasteiger partial charge in [-0.25, -0.2) is 4.98 Å². The zero-order valence-corrected chi connectivity index (χ0v) is 11.4. The summed E-state index contributed by atoms with van der Waals surface area (Å²) in [7, 11) is 1.84. The van der Waals surface area contributed by atoms with Gasteiger partial charge in [0, 0.05) is 12.7 Å². The van der Waals surface area contributed by atoms with E-state index in [1.54, 1.807) is 17.7 Å². The van der Waals surface area contributed by atoms with E-state index in [2.05, 4.69) is 15.1 Å². The first kappa shape index (κ1) is 13.0. The summed E-state index contributed by atoms with van der Waals surface area (Å²) in [6.45, 7) is 5.55. The molecule has 100 valence electrons. The first-order valence-electron chi connectivity index (χ1n) is 5.76. The predicted octanol–water partition coefficient (Wildman–Crippen LogP) is 1.21. The summed E-state index contributed by atoms with van der Waals surface area (Å²) in [6.07, 6.45) is 0. The largest absolute Gasteiger partial charge is 0.420 e. The fourth-order valence-electron chi connectivity index (χ4n) is 1.72. The van der Waals surface area contributed by atoms with Crippen LogP contribution in [0.2, 0.25) is 0 Å². The maximum absolute atomic E-state index is 7.41. The SMILES string of the molecule is Cc1cc(C(=N)N)nc(Oc2c(C)nn(C)c2C)n1. The number of ether oxygens (including phenoxy) is 1. The van der Waals surface area contributed by atoms with E-state index in [0.717, 1.165) is 11.4 Å². The molecular formula is C12H16N6O. The van der Waals surface area contributed by atoms with Gasteiger partial charge in [0.2, 0.25) is 0 Å². The molecule has 0 atom stereocenters. The highest BCUT2D eigenvalue weighted by molar-refractivity contribution is 5.93. The summed E-state index contributed by atoms with van der Waals surface area (Å²) in [5.74, 6) is 0.512. The zero-order valence-electron chi connectivity index (χ0n) is 11.4. The molecule has 0 spiro atoms. The Morgan fingerprint density at radius 3 is 2.53 bits per heavy atom. The fourth-order valence-corrected chi connectivity index (χ4v) is 1.72. The maximum Gasteiger partial charge on any atom is 0.322 e. The molecule has 0 fully saturated rings. The molecule has 0 bridgehead atoms. The van der Waals surface area contributed by atoms with E-state index < -0.39 is 0 Å². The third-order valence-corrected chi connectivity index (χ3v) is 2.75. The molecule has 0 radical (unpaired) electrons. The van der Waals surface area contributed by atoms with E-state index in [9.17, 15) is 0 Å². The van der Waals surface area contributed by atoms with Gasteiger partial charge < -0.3 is 10.5 Å². The number of nitrogen functional groups attached to an aromatic ring is 1. The highest BCUT2D eigenvalue weighted by Crippen LogP contribution is 2.25. The van der Waals surface area contributed by atoms with Crippen molar-refractivity contribution >= 4 is 5.84 Å². The van der Waals surface area contributed by atoms with Crippen molar-refractivity contribution in [3.05, 3.63) is 28.8 Å². The first-order chi connectivity index (χ1) is 8.88. The summed E-state index contributed by atoms with van der Waals surface area (Å²) in [6, 6.07) is 1.81. The van der Waals surface area contributed by atoms with Crippen LogP contribution in [0.3, 0.4) is 0 Å². The summed E-state index contributed by atoms with van der Waals surface area (Å²) in [5.41, 5.74) is 8.11. The Morgan fingerprint density at radius 2 is 2.00 bits per heavy atom. The Kier molecular flexibility index (Phi) is 3.20. The van der Waals surface area contributed by atoms with Crippen LogP contribution in [0.25, 0.3) is 0 Å². The monoisotopic (exact) mass is 260 g/mol. The summed E-state index contributed by atoms with van der Waals surface area (Å²) >= 11 is 0. The van der Waals surface area contributed by atoms with Crippen molar-refractivity contribution in [2.75, 3.05) is 0 Å². The van der Waals surface area contributed by atoms with Crippen molar-refractivity contribution in [3.63, 3.8) is 0 Å². The number of nitrogens with zero attached hydrogens (tertiary/aromatic N) is 4. The normalized spacial score (nSPS) is 10.5. The second kappa shape index (κ2) is 4.68. The Balaban J connectivity index is 2.41. The van der Waals surface area contributed by atoms with Crippen LogP contribution < -0.4 is 10.5 Å². The van der Waals surface area contributed by atoms with E-state index in [0.29, 0.717) is 17.1 Å². The number of amidine groups is 1. The molecule has 2 aromatic rings. The quantitative estimate of drug-likeness (QED) is 0.637. The Bertz CT molecular complexity index is 646. The topological polar surface area (TPSA) is 103 Å². The van der Waals surface area contributed by atoms with Gasteiger partial charge in [-0.2, -0.15) is 10.1 Å². The van der Waals surface area contributed by atoms with Gasteiger partial charge in [-0.3, -0.25) is 10.1 Å². The van der Waals surface area contributed by atoms with Gasteiger partial charge in [-0.05, 0) is 26.8 Å². The molecular weight excluding hydrogens is 244 g/mol. The third kappa shape index (κ3) is 2.54. The van der Waals surface area contributed by atoms with Crippen LogP contribution >= 0.6 is 0 Å². The Hall–Kier alpha value is -2.44. The molecule has 0 aliphatic heterocycles. The Morgan fingerprint density at radius 1 is 1.32 bits per heavy atom. The molecule has 0 aromatic carbocycles. The number of hydrogen-bond acceptors (Lipinski definition) is 5. The van der Waals surface area contributed by atoms with Gasteiger partial charge in [0.1, 0.15) is 17.2 Å². The molecule has 0 aliphatic rings. The molecule has 7 nitrogen and oxygen atoms in total. The summed E-state index contributed by atoms with van der Waals surface area (Å²) in [4.78, 5) is 8.28. The van der Waals surface area contributed by atoms with E-state index in [1.807, 2.05) is 20.9 Å². The average molecular weight is 260 g/mol. The number of aromatic nitrogens is 4. The van der Waals surface area contributed by atoms with Crippen LogP contribution in [-0.4, -0.2) is 25.6 Å². The number of hydrogen-bond donors (Lipinski definition) is 2. The molecule has 3 N–H and O–H groups in total. The van der Waals surface area contributed by atoms with Crippen molar-refractivity contribution in [1.82, 2.24) is 19.7 Å². The predicted molar refractivity (Wildman–Crippen MR) is 70.5 cm³/mol. The van der Waals surface area contributed by atoms with Crippen molar-refractivity contribution in [1.29, 1.82) is 5.41 Å². The number of nitrogens with one attached hydrogen (secondary N) is 1. The molecule has 19 heavy (non-hydrogen) atoms. The lowest BCUT2D eigenvalue weighted by Crippen LogP contribution is -2.14. The molecule has 0 unspecified atom stereocenters. The van der Waals surface area contributed by atoms with Crippen LogP contribution in [-0.2, 0) is 7.05 Å². The smallest absolute Gasteiger partial charge is 0.322 e. The Labute approximate surface area is 110 Å². The molecule has 0 amide bonds. The van der Waals surface area contributed by atoms with Gasteiger partial charge in [0.15, 0.2) is 5.75 Å². The van der Waals surface area contributed by atoms with Crippen LogP contribution in [0.15, 0.2) is 6.07 Å². The van der Waals surface area contributed by atoms with E-state index in [1.165, 1.54) is 0 Å². The standard InChI is InChI=1S/C12H16N6O/c1-6-5-9(11(13)14)16-12(15-6)19-10-7(2)17-18(4)8(10)3/h5H,1-4H3,(H3,13,14). The molecule has 2 aromatic heterocycles. The zero-order chi connectivity index (χ0) is 14.2. The molecule has 0 saturated heterocycles. The van der Waals surface area contributed by atoms with Gasteiger partial charge in [-0.1, -0.05) is 0 Å². The lowest BCUT2D eigenvalue weighted by molar-refractivity contribution is 0.433. The fraction of sp³-hybridized carbons (Fsp3) is 0.333. The van der Waals surface area contributed by atoms with E-state index in [4.69, 9.17) is 15.9 Å². The van der Waals surface area contributed by atoms with Crippen LogP contribution in [0, 0.1) is 26.2 Å². The summed E-state index contributed by atoms with van der Waals surface area (Å²) < 4.78 is 7.40. The minimum absolute atomic E-state index is 0.116. The van der Waals surface area contributed by atoms with Gasteiger partial charge >= 0.3 is 6.01 Å². The van der Waals surface area contributed by atoms with Crippen molar-refractivity contribution in [2.24, 2.45) is 12.8 Å². The van der Waals surface area contributed by atoms with Crippen molar-refractivity contribution in [3.8, 4) is 11.8 Å². The lowest BCUT2D eigenvalue weighted by atomic mass is 10.3. The number of rotatable bonds is 3. The van der Waals surface area contributed by atoms with Crippen LogP contribution in [0.4, 0.5) is 0 Å². The van der Waals surface area contributed by atoms with Crippen molar-refractivity contribution in [2.45, 2.75) is 20.8 Å². The van der Waals surface area contributed by atoms with Crippen molar-refractivity contribution < 1.29 is 4.74 Å². The van der Waals surface area contributed by atoms with Gasteiger partial charge in [0.25, 0.3) is 0 Å². The maximum atomic E-state index is 7.41. The molecule has 2 heterocycles.